The Hall–Kier alpha value is -4.14. The highest BCUT2D eigenvalue weighted by molar-refractivity contribution is 6.04. The first-order valence-electron chi connectivity index (χ1n) is 12.9. The summed E-state index contributed by atoms with van der Waals surface area (Å²) in [5, 5.41) is 9.46. The number of hydrogen-bond acceptors (Lipinski definition) is 6. The predicted molar refractivity (Wildman–Crippen MR) is 151 cm³/mol. The zero-order valence-electron chi connectivity index (χ0n) is 24.0. The third-order valence-electron chi connectivity index (χ3n) is 6.04. The van der Waals surface area contributed by atoms with Gasteiger partial charge in [0.05, 0.1) is 12.8 Å². The highest BCUT2D eigenvalue weighted by Gasteiger charge is 2.36. The van der Waals surface area contributed by atoms with E-state index in [-0.39, 0.29) is 36.4 Å². The monoisotopic (exact) mass is 534 g/mol. The first kappa shape index (κ1) is 29.4. The lowest BCUT2D eigenvalue weighted by Gasteiger charge is -2.35. The van der Waals surface area contributed by atoms with E-state index in [1.54, 1.807) is 44.4 Å². The van der Waals surface area contributed by atoms with Crippen molar-refractivity contribution < 1.29 is 23.6 Å². The molecule has 0 saturated carbocycles. The number of aryl methyl sites for hydroxylation is 4. The molecular weight excluding hydrogens is 496 g/mol. The van der Waals surface area contributed by atoms with Crippen molar-refractivity contribution in [2.45, 2.75) is 72.9 Å². The maximum Gasteiger partial charge on any atom is 0.248 e. The first-order valence-corrected chi connectivity index (χ1v) is 12.9. The zero-order chi connectivity index (χ0) is 28.9. The zero-order valence-corrected chi connectivity index (χ0v) is 24.0. The van der Waals surface area contributed by atoms with E-state index >= 15 is 0 Å². The van der Waals surface area contributed by atoms with Gasteiger partial charge in [-0.2, -0.15) is 0 Å². The third kappa shape index (κ3) is 7.69. The fraction of sp³-hybridized carbons (Fsp3) is 0.400. The molecule has 9 heteroatoms. The molecule has 1 aromatic heterocycles. The summed E-state index contributed by atoms with van der Waals surface area (Å²) in [5.74, 6) is 0.408. The van der Waals surface area contributed by atoms with Crippen LogP contribution in [0, 0.1) is 27.7 Å². The average Bonchev–Trinajstić information content (AvgIpc) is 3.24. The summed E-state index contributed by atoms with van der Waals surface area (Å²) in [7, 11) is 1.57. The largest absolute Gasteiger partial charge is 0.497 e. The SMILES string of the molecule is COc1ccc([C@@H](C(=O)NC(C)(C)C)N(C(=O)CCC(=O)Nc2cc(C)on2)c2c(C)cc(C)cc2C)cc1. The van der Waals surface area contributed by atoms with Crippen molar-refractivity contribution in [2.75, 3.05) is 17.3 Å². The van der Waals surface area contributed by atoms with Crippen LogP contribution in [-0.4, -0.2) is 35.5 Å². The number of hydrogen-bond donors (Lipinski definition) is 2. The molecule has 2 aromatic carbocycles. The lowest BCUT2D eigenvalue weighted by molar-refractivity contribution is -0.128. The minimum atomic E-state index is -0.982. The smallest absolute Gasteiger partial charge is 0.248 e. The molecule has 0 bridgehead atoms. The summed E-state index contributed by atoms with van der Waals surface area (Å²) >= 11 is 0. The molecule has 39 heavy (non-hydrogen) atoms. The van der Waals surface area contributed by atoms with E-state index in [4.69, 9.17) is 9.26 Å². The molecule has 1 heterocycles. The molecule has 3 aromatic rings. The minimum Gasteiger partial charge on any atom is -0.497 e. The van der Waals surface area contributed by atoms with E-state index in [1.165, 1.54) is 4.90 Å². The van der Waals surface area contributed by atoms with Gasteiger partial charge in [-0.3, -0.25) is 19.3 Å². The molecule has 0 spiro atoms. The van der Waals surface area contributed by atoms with Crippen molar-refractivity contribution in [3.63, 3.8) is 0 Å². The number of aromatic nitrogens is 1. The molecule has 208 valence electrons. The number of anilines is 2. The number of nitrogens with zero attached hydrogens (tertiary/aromatic N) is 2. The molecule has 0 aliphatic rings. The molecule has 0 saturated heterocycles. The van der Waals surface area contributed by atoms with Gasteiger partial charge in [0.25, 0.3) is 0 Å². The number of benzene rings is 2. The maximum absolute atomic E-state index is 14.0. The van der Waals surface area contributed by atoms with Gasteiger partial charge >= 0.3 is 0 Å². The van der Waals surface area contributed by atoms with Crippen LogP contribution < -0.4 is 20.3 Å². The Labute approximate surface area is 229 Å². The van der Waals surface area contributed by atoms with E-state index in [0.717, 1.165) is 16.7 Å². The summed E-state index contributed by atoms with van der Waals surface area (Å²) in [5.41, 5.74) is 3.47. The van der Waals surface area contributed by atoms with Crippen molar-refractivity contribution in [1.82, 2.24) is 10.5 Å². The Kier molecular flexibility index (Phi) is 9.16. The molecule has 0 fully saturated rings. The van der Waals surface area contributed by atoms with Gasteiger partial charge in [-0.1, -0.05) is 35.0 Å². The second-order valence-electron chi connectivity index (χ2n) is 10.8. The summed E-state index contributed by atoms with van der Waals surface area (Å²) in [6, 6.07) is 11.7. The van der Waals surface area contributed by atoms with Crippen LogP contribution in [0.4, 0.5) is 11.5 Å². The number of carbonyl (C=O) groups excluding carboxylic acids is 3. The van der Waals surface area contributed by atoms with Crippen LogP contribution in [-0.2, 0) is 14.4 Å². The van der Waals surface area contributed by atoms with Crippen LogP contribution in [0.2, 0.25) is 0 Å². The van der Waals surface area contributed by atoms with Crippen LogP contribution in [0.25, 0.3) is 0 Å². The Morgan fingerprint density at radius 3 is 2.10 bits per heavy atom. The maximum atomic E-state index is 14.0. The Morgan fingerprint density at radius 2 is 1.59 bits per heavy atom. The van der Waals surface area contributed by atoms with Crippen LogP contribution in [0.15, 0.2) is 47.0 Å². The Balaban J connectivity index is 2.05. The number of methoxy groups -OCH3 is 1. The molecule has 3 amide bonds. The fourth-order valence-electron chi connectivity index (χ4n) is 4.56. The molecule has 0 unspecified atom stereocenters. The molecule has 0 aliphatic carbocycles. The molecule has 9 nitrogen and oxygen atoms in total. The van der Waals surface area contributed by atoms with Crippen molar-refractivity contribution >= 4 is 29.2 Å². The van der Waals surface area contributed by atoms with Gasteiger partial charge in [-0.15, -0.1) is 0 Å². The number of amides is 3. The van der Waals surface area contributed by atoms with Crippen molar-refractivity contribution in [3.8, 4) is 5.75 Å². The van der Waals surface area contributed by atoms with Gasteiger partial charge in [-0.05, 0) is 77.3 Å². The van der Waals surface area contributed by atoms with E-state index in [0.29, 0.717) is 22.8 Å². The topological polar surface area (TPSA) is 114 Å². The summed E-state index contributed by atoms with van der Waals surface area (Å²) in [6.07, 6.45) is -0.216. The highest BCUT2D eigenvalue weighted by Crippen LogP contribution is 2.35. The Bertz CT molecular complexity index is 1320. The van der Waals surface area contributed by atoms with Gasteiger partial charge in [0.1, 0.15) is 17.6 Å². The van der Waals surface area contributed by atoms with E-state index in [9.17, 15) is 14.4 Å². The second-order valence-corrected chi connectivity index (χ2v) is 10.8. The third-order valence-corrected chi connectivity index (χ3v) is 6.04. The van der Waals surface area contributed by atoms with Gasteiger partial charge in [0.2, 0.25) is 17.7 Å². The summed E-state index contributed by atoms with van der Waals surface area (Å²) in [6.45, 7) is 13.2. The van der Waals surface area contributed by atoms with Crippen LogP contribution in [0.5, 0.6) is 5.75 Å². The van der Waals surface area contributed by atoms with Crippen LogP contribution in [0.1, 0.15) is 67.7 Å². The molecule has 0 aliphatic heterocycles. The van der Waals surface area contributed by atoms with Crippen molar-refractivity contribution in [3.05, 3.63) is 70.5 Å². The molecule has 1 atom stereocenters. The number of carbonyl (C=O) groups is 3. The van der Waals surface area contributed by atoms with E-state index < -0.39 is 11.6 Å². The minimum absolute atomic E-state index is 0.0958. The standard InChI is InChI=1S/C30H38N4O5/c1-18-15-19(2)27(20(3)16-18)34(26(36)14-13-25(35)31-24-17-21(4)39-33-24)28(29(37)32-30(5,6)7)22-9-11-23(38-8)12-10-22/h9-12,15-17,28H,13-14H2,1-8H3,(H,32,37)(H,31,33,35)/t28-/m0/s1. The summed E-state index contributed by atoms with van der Waals surface area (Å²) in [4.78, 5) is 42.0. The normalized spacial score (nSPS) is 12.0. The van der Waals surface area contributed by atoms with E-state index in [1.807, 2.05) is 53.7 Å². The highest BCUT2D eigenvalue weighted by atomic mass is 16.5. The molecule has 0 radical (unpaired) electrons. The van der Waals surface area contributed by atoms with Crippen LogP contribution >= 0.6 is 0 Å². The molecule has 2 N–H and O–H groups in total. The average molecular weight is 535 g/mol. The van der Waals surface area contributed by atoms with Crippen molar-refractivity contribution in [1.29, 1.82) is 0 Å². The molecule has 3 rings (SSSR count). The van der Waals surface area contributed by atoms with Crippen molar-refractivity contribution in [2.24, 2.45) is 0 Å². The first-order chi connectivity index (χ1) is 18.3. The lowest BCUT2D eigenvalue weighted by Crippen LogP contribution is -2.50. The van der Waals surface area contributed by atoms with Gasteiger partial charge < -0.3 is 19.9 Å². The number of rotatable bonds is 9. The fourth-order valence-corrected chi connectivity index (χ4v) is 4.56. The van der Waals surface area contributed by atoms with Crippen LogP contribution in [0.3, 0.4) is 0 Å². The van der Waals surface area contributed by atoms with E-state index in [2.05, 4.69) is 15.8 Å². The van der Waals surface area contributed by atoms with Gasteiger partial charge in [0, 0.05) is 24.4 Å². The van der Waals surface area contributed by atoms with Gasteiger partial charge in [-0.25, -0.2) is 0 Å². The predicted octanol–water partition coefficient (Wildman–Crippen LogP) is 5.32. The summed E-state index contributed by atoms with van der Waals surface area (Å²) < 4.78 is 10.3. The number of ether oxygens (including phenoxy) is 1. The lowest BCUT2D eigenvalue weighted by atomic mass is 9.97. The number of nitrogens with one attached hydrogen (secondary N) is 2. The van der Waals surface area contributed by atoms with Gasteiger partial charge in [0.15, 0.2) is 5.82 Å². The molecular formula is C30H38N4O5. The quantitative estimate of drug-likeness (QED) is 0.384. The second kappa shape index (κ2) is 12.1. The Morgan fingerprint density at radius 1 is 0.974 bits per heavy atom.